The molecule has 0 spiro atoms. The Bertz CT molecular complexity index is 1000. The van der Waals surface area contributed by atoms with Crippen LogP contribution in [0.5, 0.6) is 17.2 Å². The van der Waals surface area contributed by atoms with Crippen LogP contribution in [0, 0.1) is 11.8 Å². The number of carbonyl (C=O) groups is 1. The molecule has 0 amide bonds. The minimum atomic E-state index is -1.01. The molecular weight excluding hydrogens is 364 g/mol. The van der Waals surface area contributed by atoms with Crippen molar-refractivity contribution in [3.05, 3.63) is 88.9 Å². The number of carboxylic acid groups (broad SMARTS) is 1. The minimum absolute atomic E-state index is 0.153. The lowest BCUT2D eigenvalue weighted by Crippen LogP contribution is -1.98. The molecule has 0 saturated heterocycles. The summed E-state index contributed by atoms with van der Waals surface area (Å²) in [6.45, 7) is 0.179. The van der Waals surface area contributed by atoms with Crippen molar-refractivity contribution in [3.8, 4) is 29.1 Å². The van der Waals surface area contributed by atoms with Crippen molar-refractivity contribution in [1.29, 1.82) is 0 Å². The molecule has 0 atom stereocenters. The van der Waals surface area contributed by atoms with E-state index in [9.17, 15) is 4.79 Å². The molecule has 1 N–H and O–H groups in total. The van der Waals surface area contributed by atoms with Gasteiger partial charge in [-0.3, -0.25) is 0 Å². The van der Waals surface area contributed by atoms with E-state index in [1.807, 2.05) is 24.3 Å². The van der Waals surface area contributed by atoms with Gasteiger partial charge in [0.2, 0.25) is 0 Å². The predicted molar refractivity (Wildman–Crippen MR) is 104 cm³/mol. The lowest BCUT2D eigenvalue weighted by atomic mass is 10.2. The van der Waals surface area contributed by atoms with Crippen LogP contribution in [0.1, 0.15) is 15.9 Å². The number of halogens is 1. The number of para-hydroxylation sites is 2. The SMILES string of the molecule is O=C(O)c1cccc(Oc2ccccc2OCC#Cc2ccc(Cl)cc2)c1. The summed E-state index contributed by atoms with van der Waals surface area (Å²) in [5, 5.41) is 9.74. The summed E-state index contributed by atoms with van der Waals surface area (Å²) in [7, 11) is 0. The van der Waals surface area contributed by atoms with Gasteiger partial charge in [0.15, 0.2) is 11.5 Å². The van der Waals surface area contributed by atoms with E-state index in [4.69, 9.17) is 26.2 Å². The van der Waals surface area contributed by atoms with Crippen molar-refractivity contribution in [3.63, 3.8) is 0 Å². The quantitative estimate of drug-likeness (QED) is 0.615. The van der Waals surface area contributed by atoms with E-state index in [1.165, 1.54) is 12.1 Å². The van der Waals surface area contributed by atoms with Gasteiger partial charge in [-0.15, -0.1) is 0 Å². The zero-order valence-corrected chi connectivity index (χ0v) is 14.9. The van der Waals surface area contributed by atoms with E-state index in [0.717, 1.165) is 5.56 Å². The molecule has 3 aromatic carbocycles. The second kappa shape index (κ2) is 8.79. The van der Waals surface area contributed by atoms with Crippen molar-refractivity contribution in [2.45, 2.75) is 0 Å². The molecule has 0 aliphatic carbocycles. The number of rotatable bonds is 5. The van der Waals surface area contributed by atoms with Gasteiger partial charge in [-0.1, -0.05) is 41.6 Å². The van der Waals surface area contributed by atoms with Crippen molar-refractivity contribution in [2.75, 3.05) is 6.61 Å². The summed E-state index contributed by atoms with van der Waals surface area (Å²) in [4.78, 5) is 11.1. The van der Waals surface area contributed by atoms with Gasteiger partial charge in [0.25, 0.3) is 0 Å². The molecule has 3 aromatic rings. The molecule has 0 aliphatic rings. The summed E-state index contributed by atoms with van der Waals surface area (Å²) in [5.41, 5.74) is 0.998. The molecule has 134 valence electrons. The van der Waals surface area contributed by atoms with Crippen molar-refractivity contribution >= 4 is 17.6 Å². The number of ether oxygens (including phenoxy) is 2. The van der Waals surface area contributed by atoms with Gasteiger partial charge in [0.1, 0.15) is 12.4 Å². The summed E-state index contributed by atoms with van der Waals surface area (Å²) >= 11 is 5.84. The standard InChI is InChI=1S/C22H15ClO4/c23-18-12-10-16(11-13-18)5-4-14-26-20-8-1-2-9-21(20)27-19-7-3-6-17(15-19)22(24)25/h1-3,6-13,15H,14H2,(H,24,25). The van der Waals surface area contributed by atoms with Crippen LogP contribution in [-0.4, -0.2) is 17.7 Å². The molecule has 0 unspecified atom stereocenters. The van der Waals surface area contributed by atoms with Crippen LogP contribution < -0.4 is 9.47 Å². The average molecular weight is 379 g/mol. The monoisotopic (exact) mass is 378 g/mol. The van der Waals surface area contributed by atoms with Gasteiger partial charge >= 0.3 is 5.97 Å². The average Bonchev–Trinajstić information content (AvgIpc) is 2.68. The van der Waals surface area contributed by atoms with E-state index in [-0.39, 0.29) is 12.2 Å². The third-order valence-electron chi connectivity index (χ3n) is 3.53. The van der Waals surface area contributed by atoms with Gasteiger partial charge < -0.3 is 14.6 Å². The summed E-state index contributed by atoms with van der Waals surface area (Å²) in [5.74, 6) is 6.33. The second-order valence-corrected chi connectivity index (χ2v) is 5.92. The Hall–Kier alpha value is -3.42. The number of carboxylic acids is 1. The van der Waals surface area contributed by atoms with Gasteiger partial charge in [-0.05, 0) is 54.6 Å². The Balaban J connectivity index is 1.68. The van der Waals surface area contributed by atoms with Crippen LogP contribution in [0.25, 0.3) is 0 Å². The number of benzene rings is 3. The second-order valence-electron chi connectivity index (χ2n) is 5.48. The van der Waals surface area contributed by atoms with E-state index < -0.39 is 5.97 Å². The van der Waals surface area contributed by atoms with Crippen molar-refractivity contribution < 1.29 is 19.4 Å². The molecule has 0 fully saturated rings. The maximum absolute atomic E-state index is 11.1. The summed E-state index contributed by atoms with van der Waals surface area (Å²) < 4.78 is 11.5. The summed E-state index contributed by atoms with van der Waals surface area (Å²) in [6.07, 6.45) is 0. The van der Waals surface area contributed by atoms with E-state index in [0.29, 0.717) is 22.3 Å². The molecule has 4 nitrogen and oxygen atoms in total. The third kappa shape index (κ3) is 5.27. The highest BCUT2D eigenvalue weighted by Gasteiger charge is 2.08. The van der Waals surface area contributed by atoms with Gasteiger partial charge in [-0.25, -0.2) is 4.79 Å². The maximum Gasteiger partial charge on any atom is 0.335 e. The Kier molecular flexibility index (Phi) is 5.98. The highest BCUT2D eigenvalue weighted by molar-refractivity contribution is 6.30. The lowest BCUT2D eigenvalue weighted by Gasteiger charge is -2.11. The molecule has 5 heteroatoms. The Morgan fingerprint density at radius 1 is 0.963 bits per heavy atom. The van der Waals surface area contributed by atoms with Gasteiger partial charge in [0, 0.05) is 10.6 Å². The largest absolute Gasteiger partial charge is 0.478 e. The zero-order chi connectivity index (χ0) is 19.1. The van der Waals surface area contributed by atoms with Crippen LogP contribution in [0.2, 0.25) is 5.02 Å². The Morgan fingerprint density at radius 2 is 1.70 bits per heavy atom. The van der Waals surface area contributed by atoms with Gasteiger partial charge in [0.05, 0.1) is 5.56 Å². The molecule has 27 heavy (non-hydrogen) atoms. The number of aromatic carboxylic acids is 1. The number of hydrogen-bond acceptors (Lipinski definition) is 3. The van der Waals surface area contributed by atoms with Crippen LogP contribution in [-0.2, 0) is 0 Å². The smallest absolute Gasteiger partial charge is 0.335 e. The highest BCUT2D eigenvalue weighted by atomic mass is 35.5. The zero-order valence-electron chi connectivity index (χ0n) is 14.2. The van der Waals surface area contributed by atoms with Crippen LogP contribution in [0.3, 0.4) is 0 Å². The van der Waals surface area contributed by atoms with E-state index in [2.05, 4.69) is 11.8 Å². The first-order valence-corrected chi connectivity index (χ1v) is 8.47. The molecular formula is C22H15ClO4. The molecule has 0 aromatic heterocycles. The van der Waals surface area contributed by atoms with E-state index in [1.54, 1.807) is 36.4 Å². The third-order valence-corrected chi connectivity index (χ3v) is 3.79. The highest BCUT2D eigenvalue weighted by Crippen LogP contribution is 2.31. The fourth-order valence-electron chi connectivity index (χ4n) is 2.26. The molecule has 0 radical (unpaired) electrons. The van der Waals surface area contributed by atoms with Crippen LogP contribution >= 0.6 is 11.6 Å². The van der Waals surface area contributed by atoms with Crippen LogP contribution in [0.15, 0.2) is 72.8 Å². The Morgan fingerprint density at radius 3 is 2.44 bits per heavy atom. The molecule has 0 bridgehead atoms. The normalized spacial score (nSPS) is 9.81. The minimum Gasteiger partial charge on any atom is -0.478 e. The topological polar surface area (TPSA) is 55.8 Å². The molecule has 3 rings (SSSR count). The van der Waals surface area contributed by atoms with Gasteiger partial charge in [-0.2, -0.15) is 0 Å². The van der Waals surface area contributed by atoms with Crippen molar-refractivity contribution in [2.24, 2.45) is 0 Å². The van der Waals surface area contributed by atoms with E-state index >= 15 is 0 Å². The van der Waals surface area contributed by atoms with Crippen molar-refractivity contribution in [1.82, 2.24) is 0 Å². The first kappa shape index (κ1) is 18.4. The first-order chi connectivity index (χ1) is 13.1. The lowest BCUT2D eigenvalue weighted by molar-refractivity contribution is 0.0696. The fourth-order valence-corrected chi connectivity index (χ4v) is 2.38. The summed E-state index contributed by atoms with van der Waals surface area (Å²) in [6, 6.07) is 20.6. The molecule has 0 saturated carbocycles. The first-order valence-electron chi connectivity index (χ1n) is 8.09. The molecule has 0 heterocycles. The fraction of sp³-hybridized carbons (Fsp3) is 0.0455. The number of hydrogen-bond donors (Lipinski definition) is 1. The predicted octanol–water partition coefficient (Wildman–Crippen LogP) is 5.26. The maximum atomic E-state index is 11.1. The molecule has 0 aliphatic heterocycles. The van der Waals surface area contributed by atoms with Crippen LogP contribution in [0.4, 0.5) is 0 Å². The Labute approximate surface area is 161 Å².